The van der Waals surface area contributed by atoms with Gasteiger partial charge in [0.2, 0.25) is 5.91 Å². The number of amides is 1. The standard InChI is InChI=1S/C20H19N3O2/c1-13-7-8-15-14(12-25-18(15)9-13)10-20(24)21-11-19-22-16-5-3-4-6-17(16)23(19)2/h3-9,12H,10-11H2,1-2H3,(H,21,24). The predicted molar refractivity (Wildman–Crippen MR) is 97.2 cm³/mol. The number of para-hydroxylation sites is 2. The van der Waals surface area contributed by atoms with Crippen molar-refractivity contribution in [3.63, 3.8) is 0 Å². The maximum absolute atomic E-state index is 12.3. The Kier molecular flexibility index (Phi) is 3.76. The molecule has 0 bridgehead atoms. The molecule has 0 fully saturated rings. The average molecular weight is 333 g/mol. The van der Waals surface area contributed by atoms with E-state index in [4.69, 9.17) is 4.42 Å². The Bertz CT molecular complexity index is 1080. The number of nitrogens with one attached hydrogen (secondary N) is 1. The highest BCUT2D eigenvalue weighted by Gasteiger charge is 2.12. The summed E-state index contributed by atoms with van der Waals surface area (Å²) in [6.45, 7) is 2.42. The van der Waals surface area contributed by atoms with Crippen molar-refractivity contribution in [3.8, 4) is 0 Å². The molecular formula is C20H19N3O2. The lowest BCUT2D eigenvalue weighted by Crippen LogP contribution is -2.25. The van der Waals surface area contributed by atoms with Gasteiger partial charge in [0.15, 0.2) is 0 Å². The molecule has 1 amide bonds. The first-order valence-electron chi connectivity index (χ1n) is 8.25. The highest BCUT2D eigenvalue weighted by atomic mass is 16.3. The molecule has 0 aliphatic heterocycles. The van der Waals surface area contributed by atoms with Gasteiger partial charge in [0.25, 0.3) is 0 Å². The van der Waals surface area contributed by atoms with E-state index in [9.17, 15) is 4.79 Å². The maximum atomic E-state index is 12.3. The Morgan fingerprint density at radius 1 is 1.24 bits per heavy atom. The summed E-state index contributed by atoms with van der Waals surface area (Å²) in [5.41, 5.74) is 4.85. The van der Waals surface area contributed by atoms with Crippen LogP contribution in [0.2, 0.25) is 0 Å². The topological polar surface area (TPSA) is 60.1 Å². The first-order valence-corrected chi connectivity index (χ1v) is 8.25. The fraction of sp³-hybridized carbons (Fsp3) is 0.200. The minimum atomic E-state index is -0.0460. The van der Waals surface area contributed by atoms with Crippen LogP contribution in [0.3, 0.4) is 0 Å². The van der Waals surface area contributed by atoms with Gasteiger partial charge in [-0.1, -0.05) is 24.3 Å². The summed E-state index contributed by atoms with van der Waals surface area (Å²) in [5, 5.41) is 3.94. The average Bonchev–Trinajstić information content (AvgIpc) is 3.14. The molecule has 0 saturated carbocycles. The summed E-state index contributed by atoms with van der Waals surface area (Å²) >= 11 is 0. The molecule has 0 radical (unpaired) electrons. The van der Waals surface area contributed by atoms with Crippen molar-refractivity contribution in [2.24, 2.45) is 7.05 Å². The molecule has 0 spiro atoms. The molecule has 1 N–H and O–H groups in total. The van der Waals surface area contributed by atoms with E-state index in [0.29, 0.717) is 13.0 Å². The van der Waals surface area contributed by atoms with Crippen molar-refractivity contribution in [2.75, 3.05) is 0 Å². The van der Waals surface area contributed by atoms with Gasteiger partial charge in [0.05, 0.1) is 30.3 Å². The number of carbonyl (C=O) groups is 1. The van der Waals surface area contributed by atoms with Crippen molar-refractivity contribution in [3.05, 3.63) is 65.7 Å². The summed E-state index contributed by atoms with van der Waals surface area (Å²) in [4.78, 5) is 16.9. The Balaban J connectivity index is 1.47. The van der Waals surface area contributed by atoms with Crippen molar-refractivity contribution in [1.29, 1.82) is 0 Å². The number of furan rings is 1. The molecule has 2 aromatic heterocycles. The van der Waals surface area contributed by atoms with Crippen molar-refractivity contribution >= 4 is 27.9 Å². The van der Waals surface area contributed by atoms with Gasteiger partial charge in [-0.3, -0.25) is 4.79 Å². The highest BCUT2D eigenvalue weighted by molar-refractivity contribution is 5.88. The number of hydrogen-bond acceptors (Lipinski definition) is 3. The number of rotatable bonds is 4. The number of carbonyl (C=O) groups excluding carboxylic acids is 1. The molecule has 4 aromatic rings. The van der Waals surface area contributed by atoms with E-state index in [2.05, 4.69) is 10.3 Å². The molecule has 5 heteroatoms. The van der Waals surface area contributed by atoms with Crippen LogP contribution in [0, 0.1) is 6.92 Å². The molecule has 25 heavy (non-hydrogen) atoms. The van der Waals surface area contributed by atoms with Crippen LogP contribution < -0.4 is 5.32 Å². The summed E-state index contributed by atoms with van der Waals surface area (Å²) < 4.78 is 7.56. The predicted octanol–water partition coefficient (Wildman–Crippen LogP) is 3.49. The molecule has 0 aliphatic carbocycles. The second kappa shape index (κ2) is 6.09. The summed E-state index contributed by atoms with van der Waals surface area (Å²) in [7, 11) is 1.96. The van der Waals surface area contributed by atoms with Gasteiger partial charge in [-0.05, 0) is 30.7 Å². The first-order chi connectivity index (χ1) is 12.1. The van der Waals surface area contributed by atoms with Crippen LogP contribution in [-0.4, -0.2) is 15.5 Å². The zero-order valence-corrected chi connectivity index (χ0v) is 14.2. The zero-order chi connectivity index (χ0) is 17.4. The van der Waals surface area contributed by atoms with Crippen molar-refractivity contribution < 1.29 is 9.21 Å². The van der Waals surface area contributed by atoms with Gasteiger partial charge < -0.3 is 14.3 Å². The zero-order valence-electron chi connectivity index (χ0n) is 14.2. The Hall–Kier alpha value is -3.08. The van der Waals surface area contributed by atoms with Gasteiger partial charge in [-0.15, -0.1) is 0 Å². The van der Waals surface area contributed by atoms with Crippen LogP contribution in [0.5, 0.6) is 0 Å². The number of benzene rings is 2. The van der Waals surface area contributed by atoms with Gasteiger partial charge >= 0.3 is 0 Å². The maximum Gasteiger partial charge on any atom is 0.224 e. The van der Waals surface area contributed by atoms with E-state index >= 15 is 0 Å². The smallest absolute Gasteiger partial charge is 0.224 e. The van der Waals surface area contributed by atoms with Crippen LogP contribution in [0.25, 0.3) is 22.0 Å². The molecule has 2 heterocycles. The molecule has 0 atom stereocenters. The molecule has 4 rings (SSSR count). The SMILES string of the molecule is Cc1ccc2c(CC(=O)NCc3nc4ccccc4n3C)coc2c1. The van der Waals surface area contributed by atoms with Crippen LogP contribution in [-0.2, 0) is 24.8 Å². The molecule has 0 aliphatic rings. The third-order valence-corrected chi connectivity index (χ3v) is 4.49. The number of imidazole rings is 1. The van der Waals surface area contributed by atoms with Crippen LogP contribution in [0.1, 0.15) is 17.0 Å². The lowest BCUT2D eigenvalue weighted by atomic mass is 10.1. The van der Waals surface area contributed by atoms with E-state index in [1.807, 2.05) is 61.0 Å². The second-order valence-electron chi connectivity index (χ2n) is 6.29. The number of aromatic nitrogens is 2. The first kappa shape index (κ1) is 15.4. The Morgan fingerprint density at radius 3 is 2.92 bits per heavy atom. The normalized spacial score (nSPS) is 11.3. The summed E-state index contributed by atoms with van der Waals surface area (Å²) in [6, 6.07) is 14.0. The molecule has 2 aromatic carbocycles. The Morgan fingerprint density at radius 2 is 2.08 bits per heavy atom. The molecule has 0 unspecified atom stereocenters. The van der Waals surface area contributed by atoms with E-state index in [0.717, 1.165) is 39.0 Å². The number of aryl methyl sites for hydroxylation is 2. The van der Waals surface area contributed by atoms with Gasteiger partial charge in [0, 0.05) is 18.0 Å². The molecule has 5 nitrogen and oxygen atoms in total. The monoisotopic (exact) mass is 333 g/mol. The van der Waals surface area contributed by atoms with E-state index in [1.165, 1.54) is 0 Å². The lowest BCUT2D eigenvalue weighted by molar-refractivity contribution is -0.120. The number of hydrogen-bond donors (Lipinski definition) is 1. The quantitative estimate of drug-likeness (QED) is 0.622. The third kappa shape index (κ3) is 2.89. The number of fused-ring (bicyclic) bond motifs is 2. The fourth-order valence-electron chi connectivity index (χ4n) is 3.09. The van der Waals surface area contributed by atoms with Crippen molar-refractivity contribution in [1.82, 2.24) is 14.9 Å². The van der Waals surface area contributed by atoms with Crippen molar-refractivity contribution in [2.45, 2.75) is 19.9 Å². The van der Waals surface area contributed by atoms with Crippen LogP contribution in [0.15, 0.2) is 53.1 Å². The second-order valence-corrected chi connectivity index (χ2v) is 6.29. The van der Waals surface area contributed by atoms with E-state index in [-0.39, 0.29) is 5.91 Å². The van der Waals surface area contributed by atoms with Gasteiger partial charge in [-0.25, -0.2) is 4.98 Å². The number of nitrogens with zero attached hydrogens (tertiary/aromatic N) is 2. The van der Waals surface area contributed by atoms with E-state index < -0.39 is 0 Å². The van der Waals surface area contributed by atoms with Gasteiger partial charge in [-0.2, -0.15) is 0 Å². The highest BCUT2D eigenvalue weighted by Crippen LogP contribution is 2.22. The molecule has 0 saturated heterocycles. The molecule has 126 valence electrons. The fourth-order valence-corrected chi connectivity index (χ4v) is 3.09. The van der Waals surface area contributed by atoms with Gasteiger partial charge in [0.1, 0.15) is 11.4 Å². The molecular weight excluding hydrogens is 314 g/mol. The third-order valence-electron chi connectivity index (χ3n) is 4.49. The van der Waals surface area contributed by atoms with E-state index in [1.54, 1.807) is 6.26 Å². The lowest BCUT2D eigenvalue weighted by Gasteiger charge is -2.05. The summed E-state index contributed by atoms with van der Waals surface area (Å²) in [6.07, 6.45) is 1.96. The Labute approximate surface area is 145 Å². The minimum absolute atomic E-state index is 0.0460. The van der Waals surface area contributed by atoms with Crippen LogP contribution in [0.4, 0.5) is 0 Å². The minimum Gasteiger partial charge on any atom is -0.464 e. The summed E-state index contributed by atoms with van der Waals surface area (Å²) in [5.74, 6) is 0.789. The largest absolute Gasteiger partial charge is 0.464 e. The van der Waals surface area contributed by atoms with Crippen LogP contribution >= 0.6 is 0 Å².